The van der Waals surface area contributed by atoms with Crippen molar-refractivity contribution in [3.63, 3.8) is 0 Å². The summed E-state index contributed by atoms with van der Waals surface area (Å²) in [6.07, 6.45) is 6.06. The second-order valence-corrected chi connectivity index (χ2v) is 7.06. The van der Waals surface area contributed by atoms with Crippen molar-refractivity contribution >= 4 is 27.3 Å². The molecule has 0 bridgehead atoms. The zero-order valence-electron chi connectivity index (χ0n) is 10.3. The number of hydrogen-bond acceptors (Lipinski definition) is 3. The third-order valence-electron chi connectivity index (χ3n) is 3.27. The molecule has 0 aromatic carbocycles. The van der Waals surface area contributed by atoms with E-state index in [2.05, 4.69) is 9.71 Å². The molecule has 0 radical (unpaired) electrons. The van der Waals surface area contributed by atoms with Crippen LogP contribution in [0.25, 0.3) is 0 Å². The van der Waals surface area contributed by atoms with E-state index in [4.69, 9.17) is 11.6 Å². The maximum absolute atomic E-state index is 12.2. The Morgan fingerprint density at radius 3 is 2.61 bits per heavy atom. The molecule has 1 heterocycles. The zero-order chi connectivity index (χ0) is 13.2. The monoisotopic (exact) mass is 288 g/mol. The van der Waals surface area contributed by atoms with Crippen molar-refractivity contribution in [1.29, 1.82) is 0 Å². The summed E-state index contributed by atoms with van der Waals surface area (Å²) in [5, 5.41) is 0.123. The Kier molecular flexibility index (Phi) is 4.12. The van der Waals surface area contributed by atoms with Gasteiger partial charge in [0.05, 0.1) is 17.1 Å². The van der Waals surface area contributed by atoms with Gasteiger partial charge in [0.15, 0.2) is 0 Å². The molecule has 0 aliphatic heterocycles. The van der Waals surface area contributed by atoms with Crippen LogP contribution in [0.4, 0.5) is 5.69 Å². The van der Waals surface area contributed by atoms with Crippen molar-refractivity contribution in [2.24, 2.45) is 0 Å². The number of nitrogens with zero attached hydrogens (tertiary/aromatic N) is 1. The molecule has 6 heteroatoms. The summed E-state index contributed by atoms with van der Waals surface area (Å²) >= 11 is 5.81. The van der Waals surface area contributed by atoms with E-state index in [0.717, 1.165) is 37.7 Å². The van der Waals surface area contributed by atoms with E-state index in [1.54, 1.807) is 13.0 Å². The highest BCUT2D eigenvalue weighted by Gasteiger charge is 2.27. The number of rotatable bonds is 3. The number of nitrogens with one attached hydrogen (secondary N) is 1. The van der Waals surface area contributed by atoms with E-state index in [0.29, 0.717) is 10.8 Å². The lowest BCUT2D eigenvalue weighted by molar-refractivity contribution is 0.486. The SMILES string of the molecule is Cc1cc(NS(=O)(=O)C2CCCCC2)cnc1Cl. The van der Waals surface area contributed by atoms with Crippen molar-refractivity contribution in [1.82, 2.24) is 4.98 Å². The molecule has 1 saturated carbocycles. The highest BCUT2D eigenvalue weighted by Crippen LogP contribution is 2.25. The average Bonchev–Trinajstić information content (AvgIpc) is 2.35. The normalized spacial score (nSPS) is 17.7. The van der Waals surface area contributed by atoms with Gasteiger partial charge in [-0.25, -0.2) is 13.4 Å². The van der Waals surface area contributed by atoms with Gasteiger partial charge < -0.3 is 0 Å². The molecule has 0 saturated heterocycles. The van der Waals surface area contributed by atoms with Crippen molar-refractivity contribution < 1.29 is 8.42 Å². The number of anilines is 1. The molecule has 1 aliphatic rings. The third-order valence-corrected chi connectivity index (χ3v) is 5.53. The van der Waals surface area contributed by atoms with Gasteiger partial charge >= 0.3 is 0 Å². The molecule has 1 aromatic rings. The fourth-order valence-electron chi connectivity index (χ4n) is 2.24. The molecule has 4 nitrogen and oxygen atoms in total. The minimum Gasteiger partial charge on any atom is -0.282 e. The number of aromatic nitrogens is 1. The fourth-order valence-corrected chi connectivity index (χ4v) is 3.90. The lowest BCUT2D eigenvalue weighted by Gasteiger charge is -2.22. The van der Waals surface area contributed by atoms with Crippen molar-refractivity contribution in [2.75, 3.05) is 4.72 Å². The van der Waals surface area contributed by atoms with Crippen LogP contribution in [0.15, 0.2) is 12.3 Å². The first-order chi connectivity index (χ1) is 8.49. The lowest BCUT2D eigenvalue weighted by Crippen LogP contribution is -2.29. The second-order valence-electron chi connectivity index (χ2n) is 4.74. The lowest BCUT2D eigenvalue weighted by atomic mass is 10.0. The van der Waals surface area contributed by atoms with Crippen LogP contribution in [-0.2, 0) is 10.0 Å². The number of halogens is 1. The van der Waals surface area contributed by atoms with E-state index >= 15 is 0 Å². The number of hydrogen-bond donors (Lipinski definition) is 1. The molecule has 100 valence electrons. The molecule has 2 rings (SSSR count). The van der Waals surface area contributed by atoms with Crippen LogP contribution < -0.4 is 4.72 Å². The first-order valence-electron chi connectivity index (χ1n) is 6.13. The summed E-state index contributed by atoms with van der Waals surface area (Å²) in [6.45, 7) is 1.80. The van der Waals surface area contributed by atoms with E-state index in [1.165, 1.54) is 6.20 Å². The summed E-state index contributed by atoms with van der Waals surface area (Å²) in [5.41, 5.74) is 1.25. The molecule has 0 unspecified atom stereocenters. The molecular formula is C12H17ClN2O2S. The minimum atomic E-state index is -3.30. The molecule has 0 amide bonds. The van der Waals surface area contributed by atoms with Crippen molar-refractivity contribution in [3.05, 3.63) is 23.0 Å². The zero-order valence-corrected chi connectivity index (χ0v) is 11.9. The second kappa shape index (κ2) is 5.45. The van der Waals surface area contributed by atoms with Crippen LogP contribution >= 0.6 is 11.6 Å². The van der Waals surface area contributed by atoms with Gasteiger partial charge in [-0.2, -0.15) is 0 Å². The first-order valence-corrected chi connectivity index (χ1v) is 8.05. The molecule has 1 aromatic heterocycles. The van der Waals surface area contributed by atoms with Gasteiger partial charge in [-0.15, -0.1) is 0 Å². The Morgan fingerprint density at radius 2 is 2.00 bits per heavy atom. The van der Waals surface area contributed by atoms with Crippen LogP contribution in [0.2, 0.25) is 5.15 Å². The van der Waals surface area contributed by atoms with Gasteiger partial charge in [0.25, 0.3) is 0 Å². The standard InChI is InChI=1S/C12H17ClN2O2S/c1-9-7-10(8-14-12(9)13)15-18(16,17)11-5-3-2-4-6-11/h7-8,11,15H,2-6H2,1H3. The number of pyridine rings is 1. The van der Waals surface area contributed by atoms with Crippen LogP contribution in [0.5, 0.6) is 0 Å². The first kappa shape index (κ1) is 13.6. The third kappa shape index (κ3) is 3.14. The Labute approximate surface area is 113 Å². The van der Waals surface area contributed by atoms with Crippen molar-refractivity contribution in [3.8, 4) is 0 Å². The molecule has 18 heavy (non-hydrogen) atoms. The van der Waals surface area contributed by atoms with E-state index < -0.39 is 10.0 Å². The van der Waals surface area contributed by atoms with Gasteiger partial charge in [-0.05, 0) is 31.4 Å². The molecule has 0 atom stereocenters. The quantitative estimate of drug-likeness (QED) is 0.870. The van der Waals surface area contributed by atoms with Crippen LogP contribution in [0.1, 0.15) is 37.7 Å². The highest BCUT2D eigenvalue weighted by atomic mass is 35.5. The predicted molar refractivity (Wildman–Crippen MR) is 73.4 cm³/mol. The maximum atomic E-state index is 12.2. The highest BCUT2D eigenvalue weighted by molar-refractivity contribution is 7.93. The fraction of sp³-hybridized carbons (Fsp3) is 0.583. The van der Waals surface area contributed by atoms with E-state index in [-0.39, 0.29) is 5.25 Å². The van der Waals surface area contributed by atoms with Gasteiger partial charge in [0.2, 0.25) is 10.0 Å². The van der Waals surface area contributed by atoms with Crippen LogP contribution in [0, 0.1) is 6.92 Å². The van der Waals surface area contributed by atoms with Gasteiger partial charge in [0, 0.05) is 0 Å². The Bertz CT molecular complexity index is 525. The minimum absolute atomic E-state index is 0.276. The Balaban J connectivity index is 2.13. The Morgan fingerprint density at radius 1 is 1.33 bits per heavy atom. The number of aryl methyl sites for hydroxylation is 1. The molecule has 0 spiro atoms. The maximum Gasteiger partial charge on any atom is 0.235 e. The predicted octanol–water partition coefficient (Wildman–Crippen LogP) is 3.12. The van der Waals surface area contributed by atoms with Crippen molar-refractivity contribution in [2.45, 2.75) is 44.3 Å². The Hall–Kier alpha value is -0.810. The molecule has 1 aliphatic carbocycles. The smallest absolute Gasteiger partial charge is 0.235 e. The summed E-state index contributed by atoms with van der Waals surface area (Å²) in [6, 6.07) is 1.70. The average molecular weight is 289 g/mol. The summed E-state index contributed by atoms with van der Waals surface area (Å²) in [4.78, 5) is 3.95. The topological polar surface area (TPSA) is 59.1 Å². The largest absolute Gasteiger partial charge is 0.282 e. The summed E-state index contributed by atoms with van der Waals surface area (Å²) < 4.78 is 27.0. The van der Waals surface area contributed by atoms with Gasteiger partial charge in [0.1, 0.15) is 5.15 Å². The van der Waals surface area contributed by atoms with Crippen LogP contribution in [-0.4, -0.2) is 18.7 Å². The van der Waals surface area contributed by atoms with E-state index in [9.17, 15) is 8.42 Å². The molecular weight excluding hydrogens is 272 g/mol. The number of sulfonamides is 1. The van der Waals surface area contributed by atoms with Gasteiger partial charge in [-0.1, -0.05) is 30.9 Å². The van der Waals surface area contributed by atoms with Crippen LogP contribution in [0.3, 0.4) is 0 Å². The van der Waals surface area contributed by atoms with Gasteiger partial charge in [-0.3, -0.25) is 4.72 Å². The van der Waals surface area contributed by atoms with E-state index in [1.807, 2.05) is 0 Å². The summed E-state index contributed by atoms with van der Waals surface area (Å²) in [5.74, 6) is 0. The molecule has 1 N–H and O–H groups in total. The summed E-state index contributed by atoms with van der Waals surface area (Å²) in [7, 11) is -3.30. The molecule has 1 fully saturated rings.